The fourth-order valence-electron chi connectivity index (χ4n) is 3.09. The summed E-state index contributed by atoms with van der Waals surface area (Å²) in [6.45, 7) is -0.0870. The summed E-state index contributed by atoms with van der Waals surface area (Å²) >= 11 is 0. The van der Waals surface area contributed by atoms with Crippen molar-refractivity contribution < 1.29 is 18.3 Å². The number of carbonyl (C=O) groups excluding carboxylic acids is 1. The number of esters is 1. The Balaban J connectivity index is 1.52. The first-order valence-electron chi connectivity index (χ1n) is 9.18. The van der Waals surface area contributed by atoms with Crippen molar-refractivity contribution in [3.05, 3.63) is 95.9 Å². The highest BCUT2D eigenvalue weighted by atomic mass is 19.1. The van der Waals surface area contributed by atoms with Gasteiger partial charge in [-0.3, -0.25) is 9.67 Å². The van der Waals surface area contributed by atoms with Gasteiger partial charge in [-0.1, -0.05) is 24.3 Å². The van der Waals surface area contributed by atoms with Crippen LogP contribution < -0.4 is 0 Å². The maximum Gasteiger partial charge on any atom is 0.356 e. The SMILES string of the molecule is Cn1nc(-c2ccncc2)cc1C(=O)OCc1ccc(F)c(-c2ccccc2F)c1. The number of ether oxygens (including phenoxy) is 1. The molecule has 150 valence electrons. The van der Waals surface area contributed by atoms with Gasteiger partial charge in [-0.15, -0.1) is 0 Å². The monoisotopic (exact) mass is 405 g/mol. The molecule has 2 aromatic heterocycles. The predicted octanol–water partition coefficient (Wildman–Crippen LogP) is 4.78. The van der Waals surface area contributed by atoms with Gasteiger partial charge in [-0.25, -0.2) is 13.6 Å². The van der Waals surface area contributed by atoms with E-state index in [2.05, 4.69) is 10.1 Å². The van der Waals surface area contributed by atoms with Crippen LogP contribution in [0, 0.1) is 11.6 Å². The average Bonchev–Trinajstić information content (AvgIpc) is 3.16. The van der Waals surface area contributed by atoms with Gasteiger partial charge in [0.25, 0.3) is 0 Å². The second kappa shape index (κ2) is 8.24. The lowest BCUT2D eigenvalue weighted by Gasteiger charge is -2.09. The molecule has 30 heavy (non-hydrogen) atoms. The number of hydrogen-bond acceptors (Lipinski definition) is 4. The van der Waals surface area contributed by atoms with Crippen LogP contribution in [0.3, 0.4) is 0 Å². The standard InChI is InChI=1S/C23H17F2N3O2/c1-28-22(13-21(27-28)16-8-10-26-11-9-16)23(29)30-14-15-6-7-20(25)18(12-15)17-4-2-3-5-19(17)24/h2-13H,14H2,1H3. The lowest BCUT2D eigenvalue weighted by atomic mass is 10.0. The Hall–Kier alpha value is -3.87. The first-order valence-corrected chi connectivity index (χ1v) is 9.18. The van der Waals surface area contributed by atoms with E-state index in [4.69, 9.17) is 4.74 Å². The summed E-state index contributed by atoms with van der Waals surface area (Å²) in [4.78, 5) is 16.5. The van der Waals surface area contributed by atoms with E-state index in [1.807, 2.05) is 0 Å². The van der Waals surface area contributed by atoms with Crippen LogP contribution in [-0.4, -0.2) is 20.7 Å². The van der Waals surface area contributed by atoms with Gasteiger partial charge < -0.3 is 4.74 Å². The van der Waals surface area contributed by atoms with Crippen LogP contribution in [0.25, 0.3) is 22.4 Å². The smallest absolute Gasteiger partial charge is 0.356 e. The topological polar surface area (TPSA) is 57.0 Å². The molecule has 7 heteroatoms. The molecule has 0 radical (unpaired) electrons. The Kier molecular flexibility index (Phi) is 5.34. The van der Waals surface area contributed by atoms with Crippen LogP contribution in [-0.2, 0) is 18.4 Å². The third kappa shape index (κ3) is 3.96. The summed E-state index contributed by atoms with van der Waals surface area (Å²) in [7, 11) is 1.65. The Morgan fingerprint density at radius 1 is 0.967 bits per heavy atom. The van der Waals surface area contributed by atoms with E-state index in [-0.39, 0.29) is 23.4 Å². The number of hydrogen-bond donors (Lipinski definition) is 0. The summed E-state index contributed by atoms with van der Waals surface area (Å²) < 4.78 is 35.1. The van der Waals surface area contributed by atoms with Crippen molar-refractivity contribution in [1.29, 1.82) is 0 Å². The van der Waals surface area contributed by atoms with Crippen LogP contribution in [0.15, 0.2) is 73.1 Å². The van der Waals surface area contributed by atoms with Crippen LogP contribution in [0.2, 0.25) is 0 Å². The zero-order valence-electron chi connectivity index (χ0n) is 16.0. The summed E-state index contributed by atoms with van der Waals surface area (Å²) in [6, 6.07) is 15.4. The van der Waals surface area contributed by atoms with Crippen molar-refractivity contribution in [2.45, 2.75) is 6.61 Å². The van der Waals surface area contributed by atoms with Gasteiger partial charge in [0.15, 0.2) is 0 Å². The first-order chi connectivity index (χ1) is 14.5. The Morgan fingerprint density at radius 2 is 1.70 bits per heavy atom. The number of pyridine rings is 1. The predicted molar refractivity (Wildman–Crippen MR) is 107 cm³/mol. The van der Waals surface area contributed by atoms with Crippen molar-refractivity contribution in [3.8, 4) is 22.4 Å². The molecule has 0 unspecified atom stereocenters. The molecular weight excluding hydrogens is 388 g/mol. The van der Waals surface area contributed by atoms with Crippen LogP contribution >= 0.6 is 0 Å². The fourth-order valence-corrected chi connectivity index (χ4v) is 3.09. The van der Waals surface area contributed by atoms with Gasteiger partial charge in [-0.05, 0) is 42.0 Å². The zero-order valence-corrected chi connectivity index (χ0v) is 16.0. The number of carbonyl (C=O) groups is 1. The number of aryl methyl sites for hydroxylation is 1. The van der Waals surface area contributed by atoms with E-state index in [0.717, 1.165) is 5.56 Å². The minimum absolute atomic E-state index is 0.0870. The van der Waals surface area contributed by atoms with E-state index in [9.17, 15) is 13.6 Å². The summed E-state index contributed by atoms with van der Waals surface area (Å²) in [5, 5.41) is 4.33. The van der Waals surface area contributed by atoms with Crippen molar-refractivity contribution in [2.24, 2.45) is 7.05 Å². The molecule has 4 rings (SSSR count). The molecule has 2 aromatic carbocycles. The summed E-state index contributed by atoms with van der Waals surface area (Å²) in [5.41, 5.74) is 2.53. The second-order valence-electron chi connectivity index (χ2n) is 6.64. The molecule has 0 saturated heterocycles. The van der Waals surface area contributed by atoms with E-state index in [0.29, 0.717) is 11.3 Å². The molecule has 2 heterocycles. The molecule has 5 nitrogen and oxygen atoms in total. The molecule has 0 fully saturated rings. The lowest BCUT2D eigenvalue weighted by Crippen LogP contribution is -2.10. The van der Waals surface area contributed by atoms with Crippen LogP contribution in [0.1, 0.15) is 16.1 Å². The highest BCUT2D eigenvalue weighted by molar-refractivity contribution is 5.89. The van der Waals surface area contributed by atoms with Crippen molar-refractivity contribution in [2.75, 3.05) is 0 Å². The molecule has 0 saturated carbocycles. The Bertz CT molecular complexity index is 1210. The first kappa shape index (κ1) is 19.4. The normalized spacial score (nSPS) is 10.8. The fraction of sp³-hybridized carbons (Fsp3) is 0.0870. The third-order valence-corrected chi connectivity index (χ3v) is 4.63. The van der Waals surface area contributed by atoms with Gasteiger partial charge in [0, 0.05) is 36.1 Å². The molecule has 0 spiro atoms. The minimum Gasteiger partial charge on any atom is -0.456 e. The van der Waals surface area contributed by atoms with Gasteiger partial charge in [0.1, 0.15) is 23.9 Å². The maximum atomic E-state index is 14.2. The van der Waals surface area contributed by atoms with Gasteiger partial charge in [0.2, 0.25) is 0 Å². The van der Waals surface area contributed by atoms with E-state index in [1.165, 1.54) is 41.1 Å². The number of nitrogens with zero attached hydrogens (tertiary/aromatic N) is 3. The molecule has 0 aliphatic heterocycles. The molecule has 0 atom stereocenters. The van der Waals surface area contributed by atoms with Crippen LogP contribution in [0.4, 0.5) is 8.78 Å². The van der Waals surface area contributed by atoms with Gasteiger partial charge in [0.05, 0.1) is 5.69 Å². The molecule has 0 aliphatic rings. The molecule has 0 amide bonds. The van der Waals surface area contributed by atoms with E-state index >= 15 is 0 Å². The Morgan fingerprint density at radius 3 is 2.47 bits per heavy atom. The minimum atomic E-state index is -0.568. The maximum absolute atomic E-state index is 14.2. The summed E-state index contributed by atoms with van der Waals surface area (Å²) in [5.74, 6) is -1.64. The van der Waals surface area contributed by atoms with Crippen molar-refractivity contribution in [1.82, 2.24) is 14.8 Å². The van der Waals surface area contributed by atoms with Crippen LogP contribution in [0.5, 0.6) is 0 Å². The Labute approximate surface area is 171 Å². The number of halogens is 2. The molecule has 0 bridgehead atoms. The zero-order chi connectivity index (χ0) is 21.1. The van der Waals surface area contributed by atoms with Gasteiger partial charge in [-0.2, -0.15) is 5.10 Å². The van der Waals surface area contributed by atoms with Crippen molar-refractivity contribution >= 4 is 5.97 Å². The summed E-state index contributed by atoms with van der Waals surface area (Å²) in [6.07, 6.45) is 3.29. The van der Waals surface area contributed by atoms with Crippen molar-refractivity contribution in [3.63, 3.8) is 0 Å². The van der Waals surface area contributed by atoms with E-state index in [1.54, 1.807) is 43.7 Å². The highest BCUT2D eigenvalue weighted by Gasteiger charge is 2.17. The number of rotatable bonds is 5. The van der Waals surface area contributed by atoms with Gasteiger partial charge >= 0.3 is 5.97 Å². The lowest BCUT2D eigenvalue weighted by molar-refractivity contribution is 0.0460. The highest BCUT2D eigenvalue weighted by Crippen LogP contribution is 2.27. The number of aromatic nitrogens is 3. The number of benzene rings is 2. The second-order valence-corrected chi connectivity index (χ2v) is 6.64. The quantitative estimate of drug-likeness (QED) is 0.448. The average molecular weight is 405 g/mol. The van der Waals surface area contributed by atoms with E-state index < -0.39 is 17.6 Å². The molecular formula is C23H17F2N3O2. The molecule has 0 N–H and O–H groups in total. The largest absolute Gasteiger partial charge is 0.456 e. The molecule has 0 aliphatic carbocycles. The molecule has 4 aromatic rings. The third-order valence-electron chi connectivity index (χ3n) is 4.63.